The lowest BCUT2D eigenvalue weighted by Crippen LogP contribution is -2.61. The lowest BCUT2D eigenvalue weighted by molar-refractivity contribution is -0.141. The molecule has 0 heterocycles. The summed E-state index contributed by atoms with van der Waals surface area (Å²) in [5, 5.41) is 15.0. The van der Waals surface area contributed by atoms with Crippen LogP contribution in [-0.4, -0.2) is 59.5 Å². The Hall–Kier alpha value is -1.89. The van der Waals surface area contributed by atoms with Gasteiger partial charge in [-0.2, -0.15) is 0 Å². The highest BCUT2D eigenvalue weighted by atomic mass is 16.4. The molecule has 0 radical (unpaired) electrons. The number of carboxylic acid groups (broad SMARTS) is 1. The molecule has 0 aromatic heterocycles. The fourth-order valence-corrected chi connectivity index (χ4v) is 2.50. The average Bonchev–Trinajstić information content (AvgIpc) is 2.54. The zero-order valence-corrected chi connectivity index (χ0v) is 18.4. The van der Waals surface area contributed by atoms with E-state index in [9.17, 15) is 19.5 Å². The normalized spacial score (nSPS) is 15.3. The Balaban J connectivity index is 5.81. The van der Waals surface area contributed by atoms with E-state index in [1.807, 2.05) is 34.6 Å². The summed E-state index contributed by atoms with van der Waals surface area (Å²) < 4.78 is 0. The highest BCUT2D eigenvalue weighted by Gasteiger charge is 2.39. The number of rotatable bonds is 8. The molecule has 0 saturated carbocycles. The Morgan fingerprint density at radius 3 is 1.89 bits per heavy atom. The van der Waals surface area contributed by atoms with Crippen LogP contribution in [0, 0.1) is 11.3 Å². The predicted octanol–water partition coefficient (Wildman–Crippen LogP) is 2.03. The van der Waals surface area contributed by atoms with Crippen LogP contribution in [0.1, 0.15) is 55.4 Å². The highest BCUT2D eigenvalue weighted by molar-refractivity contribution is 5.92. The number of aliphatic carboxylic acids is 1. The summed E-state index contributed by atoms with van der Waals surface area (Å²) in [5.41, 5.74) is -1.15. The third-order valence-electron chi connectivity index (χ3n) is 4.82. The van der Waals surface area contributed by atoms with Crippen LogP contribution in [0.15, 0.2) is 11.6 Å². The maximum Gasteiger partial charge on any atom is 0.331 e. The van der Waals surface area contributed by atoms with E-state index < -0.39 is 29.0 Å². The highest BCUT2D eigenvalue weighted by Crippen LogP contribution is 2.24. The van der Waals surface area contributed by atoms with E-state index in [0.29, 0.717) is 0 Å². The molecule has 3 N–H and O–H groups in total. The molecule has 0 aliphatic rings. The van der Waals surface area contributed by atoms with E-state index in [0.717, 1.165) is 0 Å². The van der Waals surface area contributed by atoms with Crippen molar-refractivity contribution in [2.24, 2.45) is 11.3 Å². The van der Waals surface area contributed by atoms with Gasteiger partial charge in [-0.1, -0.05) is 40.7 Å². The fourth-order valence-electron chi connectivity index (χ4n) is 2.50. The van der Waals surface area contributed by atoms with Gasteiger partial charge in [0, 0.05) is 12.6 Å². The molecule has 7 nitrogen and oxygen atoms in total. The summed E-state index contributed by atoms with van der Waals surface area (Å²) in [6.07, 6.45) is 1.59. The first-order valence-corrected chi connectivity index (χ1v) is 9.24. The van der Waals surface area contributed by atoms with Crippen LogP contribution < -0.4 is 10.6 Å². The summed E-state index contributed by atoms with van der Waals surface area (Å²) in [4.78, 5) is 38.6. The van der Waals surface area contributed by atoms with Crippen molar-refractivity contribution in [2.75, 3.05) is 14.1 Å². The summed E-state index contributed by atoms with van der Waals surface area (Å²) in [6.45, 7) is 14.5. The van der Waals surface area contributed by atoms with Crippen LogP contribution in [0.5, 0.6) is 0 Å². The number of hydrogen-bond acceptors (Lipinski definition) is 4. The van der Waals surface area contributed by atoms with E-state index in [2.05, 4.69) is 10.6 Å². The standard InChI is InChI=1S/C20H37N3O4/c1-12(2)14(11-13(3)17(25)26)23(10)16(24)15(19(4,5)6)22-18(27)20(7,8)21-9/h11-12,14-15,21H,1-10H3,(H,22,27)(H,25,26)/t14-,15-/m1/s1. The Morgan fingerprint density at radius 2 is 1.56 bits per heavy atom. The Bertz CT molecular complexity index is 589. The minimum Gasteiger partial charge on any atom is -0.478 e. The molecule has 2 atom stereocenters. The van der Waals surface area contributed by atoms with Gasteiger partial charge in [-0.3, -0.25) is 9.59 Å². The van der Waals surface area contributed by atoms with Crippen molar-refractivity contribution in [3.63, 3.8) is 0 Å². The van der Waals surface area contributed by atoms with Crippen molar-refractivity contribution in [1.29, 1.82) is 0 Å². The molecule has 0 aliphatic carbocycles. The van der Waals surface area contributed by atoms with Gasteiger partial charge in [0.25, 0.3) is 0 Å². The Labute approximate surface area is 163 Å². The number of carboxylic acids is 1. The van der Waals surface area contributed by atoms with Gasteiger partial charge in [0.1, 0.15) is 6.04 Å². The molecule has 156 valence electrons. The minimum absolute atomic E-state index is 0.0123. The van der Waals surface area contributed by atoms with Crippen molar-refractivity contribution in [3.05, 3.63) is 11.6 Å². The summed E-state index contributed by atoms with van der Waals surface area (Å²) >= 11 is 0. The molecule has 0 aliphatic heterocycles. The maximum absolute atomic E-state index is 13.3. The molecule has 0 bridgehead atoms. The van der Waals surface area contributed by atoms with E-state index in [-0.39, 0.29) is 23.3 Å². The second-order valence-corrected chi connectivity index (χ2v) is 8.99. The van der Waals surface area contributed by atoms with Crippen molar-refractivity contribution in [3.8, 4) is 0 Å². The molecule has 0 fully saturated rings. The smallest absolute Gasteiger partial charge is 0.331 e. The van der Waals surface area contributed by atoms with Crippen LogP contribution in [0.3, 0.4) is 0 Å². The van der Waals surface area contributed by atoms with Gasteiger partial charge in [-0.15, -0.1) is 0 Å². The number of nitrogens with one attached hydrogen (secondary N) is 2. The topological polar surface area (TPSA) is 98.7 Å². The van der Waals surface area contributed by atoms with Crippen LogP contribution >= 0.6 is 0 Å². The van der Waals surface area contributed by atoms with Crippen LogP contribution in [-0.2, 0) is 14.4 Å². The van der Waals surface area contributed by atoms with Crippen LogP contribution in [0.2, 0.25) is 0 Å². The van der Waals surface area contributed by atoms with E-state index in [4.69, 9.17) is 0 Å². The number of carbonyl (C=O) groups is 3. The molecule has 0 aromatic carbocycles. The van der Waals surface area contributed by atoms with Gasteiger partial charge in [0.15, 0.2) is 0 Å². The van der Waals surface area contributed by atoms with E-state index in [1.54, 1.807) is 34.0 Å². The van der Waals surface area contributed by atoms with Crippen molar-refractivity contribution >= 4 is 17.8 Å². The zero-order chi connectivity index (χ0) is 21.7. The van der Waals surface area contributed by atoms with E-state index >= 15 is 0 Å². The summed E-state index contributed by atoms with van der Waals surface area (Å²) in [7, 11) is 3.33. The molecule has 0 aromatic rings. The van der Waals surface area contributed by atoms with Gasteiger partial charge < -0.3 is 20.6 Å². The number of amides is 2. The van der Waals surface area contributed by atoms with Gasteiger partial charge in [0.05, 0.1) is 11.6 Å². The Kier molecular flexibility index (Phi) is 8.70. The lowest BCUT2D eigenvalue weighted by atomic mass is 9.84. The first-order valence-electron chi connectivity index (χ1n) is 9.24. The molecular formula is C20H37N3O4. The molecule has 27 heavy (non-hydrogen) atoms. The molecule has 0 spiro atoms. The summed E-state index contributed by atoms with van der Waals surface area (Å²) in [6, 6.07) is -1.14. The zero-order valence-electron chi connectivity index (χ0n) is 18.4. The molecule has 0 rings (SSSR count). The summed E-state index contributed by atoms with van der Waals surface area (Å²) in [5.74, 6) is -1.53. The van der Waals surface area contributed by atoms with Crippen molar-refractivity contribution in [2.45, 2.75) is 73.0 Å². The van der Waals surface area contributed by atoms with Crippen molar-refractivity contribution in [1.82, 2.24) is 15.5 Å². The third-order valence-corrected chi connectivity index (χ3v) is 4.82. The molecule has 2 amide bonds. The van der Waals surface area contributed by atoms with Crippen LogP contribution in [0.4, 0.5) is 0 Å². The number of hydrogen-bond donors (Lipinski definition) is 3. The average molecular weight is 384 g/mol. The second kappa shape index (κ2) is 9.35. The SMILES string of the molecule is CNC(C)(C)C(=O)N[C@H](C(=O)N(C)[C@H](C=C(C)C(=O)O)C(C)C)C(C)(C)C. The largest absolute Gasteiger partial charge is 0.478 e. The molecular weight excluding hydrogens is 346 g/mol. The lowest BCUT2D eigenvalue weighted by Gasteiger charge is -2.38. The number of likely N-dealkylation sites (N-methyl/N-ethyl adjacent to an activating group) is 2. The number of nitrogens with zero attached hydrogens (tertiary/aromatic N) is 1. The van der Waals surface area contributed by atoms with Crippen molar-refractivity contribution < 1.29 is 19.5 Å². The molecule has 0 saturated heterocycles. The number of carbonyl (C=O) groups excluding carboxylic acids is 2. The molecule has 7 heteroatoms. The fraction of sp³-hybridized carbons (Fsp3) is 0.750. The monoisotopic (exact) mass is 383 g/mol. The Morgan fingerprint density at radius 1 is 1.07 bits per heavy atom. The maximum atomic E-state index is 13.3. The second-order valence-electron chi connectivity index (χ2n) is 8.99. The van der Waals surface area contributed by atoms with Gasteiger partial charge >= 0.3 is 5.97 Å². The first-order chi connectivity index (χ1) is 12.1. The first kappa shape index (κ1) is 25.1. The van der Waals surface area contributed by atoms with Gasteiger partial charge in [0.2, 0.25) is 11.8 Å². The van der Waals surface area contributed by atoms with Gasteiger partial charge in [-0.05, 0) is 39.2 Å². The van der Waals surface area contributed by atoms with Gasteiger partial charge in [-0.25, -0.2) is 4.79 Å². The molecule has 0 unspecified atom stereocenters. The predicted molar refractivity (Wildman–Crippen MR) is 107 cm³/mol. The minimum atomic E-state index is -1.02. The third kappa shape index (κ3) is 6.97. The van der Waals surface area contributed by atoms with Crippen LogP contribution in [0.25, 0.3) is 0 Å². The quantitative estimate of drug-likeness (QED) is 0.557. The van der Waals surface area contributed by atoms with E-state index in [1.165, 1.54) is 11.8 Å².